The molecule has 0 heterocycles. The Balaban J connectivity index is 1.45. The number of hydrogen-bond donors (Lipinski definition) is 0. The van der Waals surface area contributed by atoms with Crippen molar-refractivity contribution in [2.24, 2.45) is 17.8 Å². The van der Waals surface area contributed by atoms with Crippen molar-refractivity contribution in [3.63, 3.8) is 0 Å². The lowest BCUT2D eigenvalue weighted by Gasteiger charge is -2.55. The van der Waals surface area contributed by atoms with Crippen LogP contribution in [0.2, 0.25) is 0 Å². The number of benzene rings is 1. The molecule has 3 heteroatoms. The summed E-state index contributed by atoms with van der Waals surface area (Å²) in [6.45, 7) is 0. The van der Waals surface area contributed by atoms with E-state index in [1.165, 1.54) is 19.3 Å². The van der Waals surface area contributed by atoms with Crippen molar-refractivity contribution in [3.05, 3.63) is 30.3 Å². The molecule has 4 aliphatic rings. The molecule has 0 unspecified atom stereocenters. The standard InChI is InChI=1S/C17H20O3/c18-16(19-15-4-2-1-3-5-15)20-17-9-12-6-13(10-17)8-14(7-12)11-17/h1-5,12-14H,6-11H2. The monoisotopic (exact) mass is 272 g/mol. The molecule has 4 bridgehead atoms. The third kappa shape index (κ3) is 2.19. The lowest BCUT2D eigenvalue weighted by atomic mass is 9.54. The second-order valence-electron chi connectivity index (χ2n) is 6.87. The molecule has 0 spiro atoms. The van der Waals surface area contributed by atoms with Gasteiger partial charge in [-0.1, -0.05) is 18.2 Å². The van der Waals surface area contributed by atoms with E-state index >= 15 is 0 Å². The van der Waals surface area contributed by atoms with Gasteiger partial charge in [0.25, 0.3) is 0 Å². The number of carbonyl (C=O) groups is 1. The minimum absolute atomic E-state index is 0.222. The second-order valence-corrected chi connectivity index (χ2v) is 6.87. The van der Waals surface area contributed by atoms with Gasteiger partial charge >= 0.3 is 6.16 Å². The molecule has 5 rings (SSSR count). The Morgan fingerprint density at radius 3 is 2.05 bits per heavy atom. The van der Waals surface area contributed by atoms with Gasteiger partial charge in [-0.05, 0) is 68.4 Å². The number of carbonyl (C=O) groups excluding carboxylic acids is 1. The van der Waals surface area contributed by atoms with Gasteiger partial charge in [0.1, 0.15) is 11.4 Å². The first-order valence-electron chi connectivity index (χ1n) is 7.67. The SMILES string of the molecule is O=C(Oc1ccccc1)OC12CC3CC(CC(C3)C1)C2. The molecule has 0 saturated heterocycles. The van der Waals surface area contributed by atoms with E-state index in [4.69, 9.17) is 9.47 Å². The van der Waals surface area contributed by atoms with Crippen LogP contribution < -0.4 is 4.74 Å². The van der Waals surface area contributed by atoms with Crippen LogP contribution in [0.4, 0.5) is 4.79 Å². The topological polar surface area (TPSA) is 35.5 Å². The lowest BCUT2D eigenvalue weighted by Crippen LogP contribution is -2.53. The minimum Gasteiger partial charge on any atom is -0.427 e. The van der Waals surface area contributed by atoms with Gasteiger partial charge in [-0.15, -0.1) is 0 Å². The third-order valence-corrected chi connectivity index (χ3v) is 5.23. The number of para-hydroxylation sites is 1. The molecule has 0 aliphatic heterocycles. The van der Waals surface area contributed by atoms with Gasteiger partial charge in [-0.3, -0.25) is 0 Å². The van der Waals surface area contributed by atoms with Gasteiger partial charge in [0, 0.05) is 0 Å². The van der Waals surface area contributed by atoms with Gasteiger partial charge in [0.15, 0.2) is 0 Å². The van der Waals surface area contributed by atoms with Crippen molar-refractivity contribution in [2.75, 3.05) is 0 Å². The summed E-state index contributed by atoms with van der Waals surface area (Å²) in [7, 11) is 0. The summed E-state index contributed by atoms with van der Waals surface area (Å²) in [5.41, 5.74) is -0.222. The molecule has 4 fully saturated rings. The van der Waals surface area contributed by atoms with E-state index in [1.807, 2.05) is 18.2 Å². The molecule has 4 aliphatic carbocycles. The van der Waals surface area contributed by atoms with Crippen molar-refractivity contribution >= 4 is 6.16 Å². The van der Waals surface area contributed by atoms with Crippen LogP contribution in [0.1, 0.15) is 38.5 Å². The fourth-order valence-electron chi connectivity index (χ4n) is 4.94. The molecule has 106 valence electrons. The molecule has 1 aromatic carbocycles. The Morgan fingerprint density at radius 2 is 1.50 bits per heavy atom. The maximum Gasteiger partial charge on any atom is 0.514 e. The van der Waals surface area contributed by atoms with Crippen molar-refractivity contribution in [1.82, 2.24) is 0 Å². The smallest absolute Gasteiger partial charge is 0.427 e. The highest BCUT2D eigenvalue weighted by atomic mass is 16.7. The maximum atomic E-state index is 12.1. The Hall–Kier alpha value is -1.51. The van der Waals surface area contributed by atoms with Gasteiger partial charge in [0.05, 0.1) is 0 Å². The summed E-state index contributed by atoms with van der Waals surface area (Å²) >= 11 is 0. The summed E-state index contributed by atoms with van der Waals surface area (Å²) in [4.78, 5) is 12.1. The Bertz CT molecular complexity index is 473. The van der Waals surface area contributed by atoms with E-state index in [2.05, 4.69) is 0 Å². The average molecular weight is 272 g/mol. The van der Waals surface area contributed by atoms with Crippen LogP contribution in [0.3, 0.4) is 0 Å². The Labute approximate surface area is 119 Å². The highest BCUT2D eigenvalue weighted by molar-refractivity contribution is 5.64. The van der Waals surface area contributed by atoms with E-state index in [0.717, 1.165) is 37.0 Å². The quantitative estimate of drug-likeness (QED) is 0.598. The molecule has 20 heavy (non-hydrogen) atoms. The van der Waals surface area contributed by atoms with E-state index in [9.17, 15) is 4.79 Å². The molecule has 3 nitrogen and oxygen atoms in total. The first kappa shape index (κ1) is 12.2. The summed E-state index contributed by atoms with van der Waals surface area (Å²) in [5.74, 6) is 2.87. The largest absolute Gasteiger partial charge is 0.514 e. The highest BCUT2D eigenvalue weighted by Crippen LogP contribution is 2.57. The van der Waals surface area contributed by atoms with Crippen molar-refractivity contribution < 1.29 is 14.3 Å². The zero-order valence-electron chi connectivity index (χ0n) is 11.6. The molecule has 0 radical (unpaired) electrons. The summed E-state index contributed by atoms with van der Waals surface area (Å²) in [6, 6.07) is 9.17. The minimum atomic E-state index is -0.529. The second kappa shape index (κ2) is 4.51. The van der Waals surface area contributed by atoms with E-state index in [0.29, 0.717) is 5.75 Å². The predicted molar refractivity (Wildman–Crippen MR) is 74.5 cm³/mol. The number of hydrogen-bond acceptors (Lipinski definition) is 3. The Kier molecular flexibility index (Phi) is 2.76. The van der Waals surface area contributed by atoms with Crippen LogP contribution in [-0.4, -0.2) is 11.8 Å². The first-order chi connectivity index (χ1) is 9.71. The molecular weight excluding hydrogens is 252 g/mol. The van der Waals surface area contributed by atoms with Crippen LogP contribution in [0.15, 0.2) is 30.3 Å². The zero-order chi connectivity index (χ0) is 13.6. The summed E-state index contributed by atoms with van der Waals surface area (Å²) in [6.07, 6.45) is 6.63. The molecule has 0 atom stereocenters. The van der Waals surface area contributed by atoms with Crippen LogP contribution in [0, 0.1) is 17.8 Å². The van der Waals surface area contributed by atoms with Crippen LogP contribution in [0.25, 0.3) is 0 Å². The number of ether oxygens (including phenoxy) is 2. The van der Waals surface area contributed by atoms with Crippen LogP contribution in [0.5, 0.6) is 5.75 Å². The normalized spacial score (nSPS) is 37.7. The average Bonchev–Trinajstić information content (AvgIpc) is 2.37. The molecule has 1 aromatic rings. The highest BCUT2D eigenvalue weighted by Gasteiger charge is 2.53. The molecule has 0 N–H and O–H groups in total. The van der Waals surface area contributed by atoms with Crippen molar-refractivity contribution in [1.29, 1.82) is 0 Å². The summed E-state index contributed by atoms with van der Waals surface area (Å²) in [5, 5.41) is 0. The van der Waals surface area contributed by atoms with Gasteiger partial charge in [0.2, 0.25) is 0 Å². The van der Waals surface area contributed by atoms with Crippen LogP contribution >= 0.6 is 0 Å². The van der Waals surface area contributed by atoms with Gasteiger partial charge in [-0.2, -0.15) is 0 Å². The van der Waals surface area contributed by atoms with Crippen molar-refractivity contribution in [2.45, 2.75) is 44.1 Å². The zero-order valence-corrected chi connectivity index (χ0v) is 11.6. The maximum absolute atomic E-state index is 12.1. The molecule has 4 saturated carbocycles. The fourth-order valence-corrected chi connectivity index (χ4v) is 4.94. The molecule has 0 amide bonds. The van der Waals surface area contributed by atoms with E-state index in [1.54, 1.807) is 12.1 Å². The fraction of sp³-hybridized carbons (Fsp3) is 0.588. The van der Waals surface area contributed by atoms with E-state index < -0.39 is 6.16 Å². The van der Waals surface area contributed by atoms with Gasteiger partial charge in [-0.25, -0.2) is 4.79 Å². The first-order valence-corrected chi connectivity index (χ1v) is 7.67. The van der Waals surface area contributed by atoms with E-state index in [-0.39, 0.29) is 5.60 Å². The third-order valence-electron chi connectivity index (χ3n) is 5.23. The van der Waals surface area contributed by atoms with Crippen LogP contribution in [-0.2, 0) is 4.74 Å². The molecule has 0 aromatic heterocycles. The van der Waals surface area contributed by atoms with Gasteiger partial charge < -0.3 is 9.47 Å². The number of rotatable bonds is 2. The Morgan fingerprint density at radius 1 is 0.950 bits per heavy atom. The molecular formula is C17H20O3. The summed E-state index contributed by atoms with van der Waals surface area (Å²) < 4.78 is 11.1. The van der Waals surface area contributed by atoms with Crippen molar-refractivity contribution in [3.8, 4) is 5.75 Å². The predicted octanol–water partition coefficient (Wildman–Crippen LogP) is 4.17. The lowest BCUT2D eigenvalue weighted by molar-refractivity contribution is -0.135.